The first kappa shape index (κ1) is 13.3. The normalized spacial score (nSPS) is 10.8. The quantitative estimate of drug-likeness (QED) is 0.884. The molecule has 0 spiro atoms. The summed E-state index contributed by atoms with van der Waals surface area (Å²) in [5.41, 5.74) is 2.25. The molecule has 7 nitrogen and oxygen atoms in total. The maximum atomic E-state index is 12.4. The van der Waals surface area contributed by atoms with Gasteiger partial charge in [0.1, 0.15) is 5.82 Å². The average molecular weight is 262 g/mol. The van der Waals surface area contributed by atoms with Crippen LogP contribution in [0.25, 0.3) is 0 Å². The van der Waals surface area contributed by atoms with Gasteiger partial charge in [0.15, 0.2) is 5.82 Å². The molecule has 0 aliphatic carbocycles. The molecule has 0 radical (unpaired) electrons. The molecule has 1 amide bonds. The highest BCUT2D eigenvalue weighted by molar-refractivity contribution is 5.96. The summed E-state index contributed by atoms with van der Waals surface area (Å²) in [6, 6.07) is 0. The van der Waals surface area contributed by atoms with E-state index in [9.17, 15) is 4.79 Å². The Hall–Kier alpha value is -2.18. The zero-order valence-electron chi connectivity index (χ0n) is 11.9. The van der Waals surface area contributed by atoms with Crippen LogP contribution in [0.4, 0.5) is 0 Å². The van der Waals surface area contributed by atoms with Crippen molar-refractivity contribution in [3.8, 4) is 0 Å². The molecule has 0 atom stereocenters. The van der Waals surface area contributed by atoms with E-state index in [4.69, 9.17) is 0 Å². The van der Waals surface area contributed by atoms with Crippen LogP contribution in [0.15, 0.2) is 0 Å². The van der Waals surface area contributed by atoms with Crippen molar-refractivity contribution in [3.63, 3.8) is 0 Å². The molecule has 0 fully saturated rings. The number of rotatable bonds is 3. The Morgan fingerprint density at radius 2 is 2.05 bits per heavy atom. The summed E-state index contributed by atoms with van der Waals surface area (Å²) in [5.74, 6) is 1.28. The van der Waals surface area contributed by atoms with Crippen molar-refractivity contribution in [2.24, 2.45) is 7.05 Å². The van der Waals surface area contributed by atoms with Gasteiger partial charge in [-0.1, -0.05) is 0 Å². The molecule has 2 aromatic heterocycles. The summed E-state index contributed by atoms with van der Waals surface area (Å²) in [4.78, 5) is 18.2. The summed E-state index contributed by atoms with van der Waals surface area (Å²) >= 11 is 0. The number of amides is 1. The van der Waals surface area contributed by atoms with Gasteiger partial charge in [-0.15, -0.1) is 0 Å². The lowest BCUT2D eigenvalue weighted by Crippen LogP contribution is -2.27. The average Bonchev–Trinajstić information content (AvgIpc) is 2.84. The maximum Gasteiger partial charge on any atom is 0.257 e. The molecule has 19 heavy (non-hydrogen) atoms. The van der Waals surface area contributed by atoms with Crippen molar-refractivity contribution in [2.45, 2.75) is 27.3 Å². The molecule has 0 aliphatic heterocycles. The van der Waals surface area contributed by atoms with Crippen molar-refractivity contribution in [1.29, 1.82) is 0 Å². The summed E-state index contributed by atoms with van der Waals surface area (Å²) in [6.07, 6.45) is 0. The highest BCUT2D eigenvalue weighted by Crippen LogP contribution is 2.14. The topological polar surface area (TPSA) is 79.7 Å². The fraction of sp³-hybridized carbons (Fsp3) is 0.500. The van der Waals surface area contributed by atoms with Crippen molar-refractivity contribution in [2.75, 3.05) is 7.05 Å². The van der Waals surface area contributed by atoms with E-state index >= 15 is 0 Å². The summed E-state index contributed by atoms with van der Waals surface area (Å²) in [6.45, 7) is 5.92. The highest BCUT2D eigenvalue weighted by atomic mass is 16.2. The molecule has 102 valence electrons. The second kappa shape index (κ2) is 4.83. The SMILES string of the molecule is Cc1nc(CN(C)C(=O)c2c(C)nn(C)c2C)n[nH]1. The summed E-state index contributed by atoms with van der Waals surface area (Å²) in [7, 11) is 3.57. The van der Waals surface area contributed by atoms with Gasteiger partial charge in [-0.25, -0.2) is 4.98 Å². The number of carbonyl (C=O) groups excluding carboxylic acids is 1. The third-order valence-corrected chi connectivity index (χ3v) is 3.09. The number of aryl methyl sites for hydroxylation is 3. The molecule has 2 aromatic rings. The number of hydrogen-bond acceptors (Lipinski definition) is 4. The van der Waals surface area contributed by atoms with E-state index in [1.807, 2.05) is 27.8 Å². The van der Waals surface area contributed by atoms with E-state index in [-0.39, 0.29) is 5.91 Å². The van der Waals surface area contributed by atoms with E-state index in [1.165, 1.54) is 0 Å². The Labute approximate surface area is 111 Å². The van der Waals surface area contributed by atoms with Gasteiger partial charge in [-0.05, 0) is 20.8 Å². The number of aromatic amines is 1. The fourth-order valence-corrected chi connectivity index (χ4v) is 2.02. The van der Waals surface area contributed by atoms with Crippen LogP contribution in [0.2, 0.25) is 0 Å². The monoisotopic (exact) mass is 262 g/mol. The molecule has 2 rings (SSSR count). The van der Waals surface area contributed by atoms with Gasteiger partial charge in [0.05, 0.1) is 17.8 Å². The minimum Gasteiger partial charge on any atom is -0.334 e. The summed E-state index contributed by atoms with van der Waals surface area (Å²) < 4.78 is 1.72. The molecule has 2 heterocycles. The Morgan fingerprint density at radius 1 is 1.37 bits per heavy atom. The highest BCUT2D eigenvalue weighted by Gasteiger charge is 2.21. The Kier molecular flexibility index (Phi) is 3.37. The van der Waals surface area contributed by atoms with Gasteiger partial charge < -0.3 is 4.90 Å². The van der Waals surface area contributed by atoms with Crippen LogP contribution in [-0.4, -0.2) is 42.8 Å². The van der Waals surface area contributed by atoms with Crippen LogP contribution in [0, 0.1) is 20.8 Å². The first-order valence-corrected chi connectivity index (χ1v) is 6.03. The molecular weight excluding hydrogens is 244 g/mol. The Bertz CT molecular complexity index is 612. The van der Waals surface area contributed by atoms with Crippen LogP contribution in [-0.2, 0) is 13.6 Å². The second-order valence-corrected chi connectivity index (χ2v) is 4.67. The number of aromatic nitrogens is 5. The lowest BCUT2D eigenvalue weighted by molar-refractivity contribution is 0.0780. The van der Waals surface area contributed by atoms with Gasteiger partial charge >= 0.3 is 0 Å². The van der Waals surface area contributed by atoms with E-state index in [1.54, 1.807) is 16.6 Å². The Balaban J connectivity index is 2.19. The lowest BCUT2D eigenvalue weighted by Gasteiger charge is -2.15. The third kappa shape index (κ3) is 2.49. The van der Waals surface area contributed by atoms with Crippen LogP contribution in [0.1, 0.15) is 33.4 Å². The van der Waals surface area contributed by atoms with Crippen LogP contribution < -0.4 is 0 Å². The number of nitrogens with zero attached hydrogens (tertiary/aromatic N) is 5. The summed E-state index contributed by atoms with van der Waals surface area (Å²) in [5, 5.41) is 11.1. The van der Waals surface area contributed by atoms with Crippen LogP contribution >= 0.6 is 0 Å². The molecular formula is C12H18N6O. The number of hydrogen-bond donors (Lipinski definition) is 1. The first-order valence-electron chi connectivity index (χ1n) is 6.03. The van der Waals surface area contributed by atoms with Gasteiger partial charge in [0, 0.05) is 19.8 Å². The first-order chi connectivity index (χ1) is 8.90. The van der Waals surface area contributed by atoms with Gasteiger partial charge in [-0.3, -0.25) is 14.6 Å². The van der Waals surface area contributed by atoms with E-state index in [2.05, 4.69) is 20.3 Å². The smallest absolute Gasteiger partial charge is 0.257 e. The zero-order chi connectivity index (χ0) is 14.2. The minimum atomic E-state index is -0.0643. The molecule has 0 aromatic carbocycles. The second-order valence-electron chi connectivity index (χ2n) is 4.67. The standard InChI is InChI=1S/C12H18N6O/c1-7-11(8(2)18(5)16-7)12(19)17(4)6-10-13-9(3)14-15-10/h6H2,1-5H3,(H,13,14,15). The van der Waals surface area contributed by atoms with Gasteiger partial charge in [0.25, 0.3) is 5.91 Å². The fourth-order valence-electron chi connectivity index (χ4n) is 2.02. The predicted molar refractivity (Wildman–Crippen MR) is 69.6 cm³/mol. The number of carbonyl (C=O) groups is 1. The van der Waals surface area contributed by atoms with Crippen LogP contribution in [0.3, 0.4) is 0 Å². The van der Waals surface area contributed by atoms with E-state index < -0.39 is 0 Å². The molecule has 1 N–H and O–H groups in total. The van der Waals surface area contributed by atoms with Gasteiger partial charge in [-0.2, -0.15) is 10.2 Å². The third-order valence-electron chi connectivity index (χ3n) is 3.09. The van der Waals surface area contributed by atoms with E-state index in [0.29, 0.717) is 17.9 Å². The molecule has 0 saturated carbocycles. The van der Waals surface area contributed by atoms with Crippen molar-refractivity contribution in [1.82, 2.24) is 29.9 Å². The molecule has 0 saturated heterocycles. The number of H-pyrrole nitrogens is 1. The van der Waals surface area contributed by atoms with Crippen molar-refractivity contribution >= 4 is 5.91 Å². The Morgan fingerprint density at radius 3 is 2.53 bits per heavy atom. The lowest BCUT2D eigenvalue weighted by atomic mass is 10.1. The van der Waals surface area contributed by atoms with Gasteiger partial charge in [0.2, 0.25) is 0 Å². The molecule has 7 heteroatoms. The van der Waals surface area contributed by atoms with Crippen LogP contribution in [0.5, 0.6) is 0 Å². The van der Waals surface area contributed by atoms with Crippen molar-refractivity contribution < 1.29 is 4.79 Å². The van der Waals surface area contributed by atoms with E-state index in [0.717, 1.165) is 17.2 Å². The maximum absolute atomic E-state index is 12.4. The zero-order valence-corrected chi connectivity index (χ0v) is 11.9. The molecule has 0 bridgehead atoms. The molecule has 0 aliphatic rings. The number of nitrogens with one attached hydrogen (secondary N) is 1. The predicted octanol–water partition coefficient (Wildman–Crippen LogP) is 0.736. The minimum absolute atomic E-state index is 0.0643. The van der Waals surface area contributed by atoms with Crippen molar-refractivity contribution in [3.05, 3.63) is 28.6 Å². The largest absolute Gasteiger partial charge is 0.334 e. The molecule has 0 unspecified atom stereocenters.